The van der Waals surface area contributed by atoms with Crippen LogP contribution < -0.4 is 5.73 Å². The topological polar surface area (TPSA) is 77.2 Å². The van der Waals surface area contributed by atoms with Crippen molar-refractivity contribution in [2.24, 2.45) is 5.73 Å². The molecule has 0 spiro atoms. The second-order valence-electron chi connectivity index (χ2n) is 3.76. The van der Waals surface area contributed by atoms with Gasteiger partial charge in [0, 0.05) is 11.8 Å². The van der Waals surface area contributed by atoms with E-state index < -0.39 is 15.9 Å². The van der Waals surface area contributed by atoms with Crippen LogP contribution in [0.25, 0.3) is 0 Å². The normalized spacial score (nSPS) is 13.4. The van der Waals surface area contributed by atoms with Crippen LogP contribution in [0.1, 0.15) is 16.8 Å². The number of nitrogens with two attached hydrogens (primary N) is 1. The van der Waals surface area contributed by atoms with Crippen molar-refractivity contribution in [1.82, 2.24) is 0 Å². The fourth-order valence-electron chi connectivity index (χ4n) is 1.29. The molecule has 0 bridgehead atoms. The van der Waals surface area contributed by atoms with Crippen LogP contribution >= 0.6 is 0 Å². The van der Waals surface area contributed by atoms with Crippen LogP contribution in [0.3, 0.4) is 0 Å². The van der Waals surface area contributed by atoms with Gasteiger partial charge >= 0.3 is 0 Å². The molecule has 4 nitrogen and oxygen atoms in total. The van der Waals surface area contributed by atoms with Gasteiger partial charge < -0.3 is 5.73 Å². The quantitative estimate of drug-likeness (QED) is 0.767. The highest BCUT2D eigenvalue weighted by molar-refractivity contribution is 7.90. The van der Waals surface area contributed by atoms with E-state index in [1.54, 1.807) is 30.3 Å². The van der Waals surface area contributed by atoms with Crippen LogP contribution in [-0.2, 0) is 9.84 Å². The van der Waals surface area contributed by atoms with Gasteiger partial charge in [0.1, 0.15) is 9.84 Å². The zero-order valence-electron chi connectivity index (χ0n) is 9.09. The standard InChI is InChI=1S/C11H15NO3S/c1-16(14,15)8-7-10(12)11(13)9-5-3-2-4-6-9/h2-6,10H,7-8,12H2,1H3. The summed E-state index contributed by atoms with van der Waals surface area (Å²) in [5.74, 6) is -0.281. The molecule has 16 heavy (non-hydrogen) atoms. The van der Waals surface area contributed by atoms with Gasteiger partial charge in [-0.05, 0) is 6.42 Å². The first kappa shape index (κ1) is 12.9. The Morgan fingerprint density at radius 2 is 1.88 bits per heavy atom. The largest absolute Gasteiger partial charge is 0.321 e. The number of hydrogen-bond acceptors (Lipinski definition) is 4. The second kappa shape index (κ2) is 5.23. The van der Waals surface area contributed by atoms with Gasteiger partial charge in [-0.25, -0.2) is 8.42 Å². The van der Waals surface area contributed by atoms with Gasteiger partial charge in [0.2, 0.25) is 0 Å². The number of Topliss-reactive ketones (excluding diaryl/α,β-unsaturated/α-hetero) is 1. The predicted molar refractivity (Wildman–Crippen MR) is 63.1 cm³/mol. The first-order valence-electron chi connectivity index (χ1n) is 4.93. The predicted octanol–water partition coefficient (Wildman–Crippen LogP) is 0.631. The number of benzene rings is 1. The molecule has 1 aromatic rings. The molecule has 0 aliphatic heterocycles. The molecule has 5 heteroatoms. The molecule has 1 rings (SSSR count). The lowest BCUT2D eigenvalue weighted by molar-refractivity contribution is 0.0960. The number of sulfone groups is 1. The molecule has 1 unspecified atom stereocenters. The summed E-state index contributed by atoms with van der Waals surface area (Å²) in [6, 6.07) is 7.88. The minimum absolute atomic E-state index is 0.0628. The van der Waals surface area contributed by atoms with E-state index in [1.807, 2.05) is 0 Å². The van der Waals surface area contributed by atoms with Gasteiger partial charge in [-0.2, -0.15) is 0 Å². The Kier molecular flexibility index (Phi) is 4.20. The van der Waals surface area contributed by atoms with Gasteiger partial charge in [0.15, 0.2) is 5.78 Å². The molecule has 0 fully saturated rings. The highest BCUT2D eigenvalue weighted by Crippen LogP contribution is 2.05. The molecule has 2 N–H and O–H groups in total. The number of carbonyl (C=O) groups excluding carboxylic acids is 1. The monoisotopic (exact) mass is 241 g/mol. The fraction of sp³-hybridized carbons (Fsp3) is 0.364. The molecule has 0 aromatic heterocycles. The Bertz CT molecular complexity index is 453. The Morgan fingerprint density at radius 1 is 1.31 bits per heavy atom. The first-order valence-corrected chi connectivity index (χ1v) is 6.99. The van der Waals surface area contributed by atoms with E-state index in [4.69, 9.17) is 5.73 Å². The average molecular weight is 241 g/mol. The number of hydrogen-bond donors (Lipinski definition) is 1. The molecule has 1 aromatic carbocycles. The van der Waals surface area contributed by atoms with Crippen molar-refractivity contribution in [2.45, 2.75) is 12.5 Å². The fourth-order valence-corrected chi connectivity index (χ4v) is 1.97. The highest BCUT2D eigenvalue weighted by atomic mass is 32.2. The van der Waals surface area contributed by atoms with Crippen molar-refractivity contribution in [1.29, 1.82) is 0 Å². The van der Waals surface area contributed by atoms with Crippen molar-refractivity contribution in [3.63, 3.8) is 0 Å². The summed E-state index contributed by atoms with van der Waals surface area (Å²) in [5, 5.41) is 0. The highest BCUT2D eigenvalue weighted by Gasteiger charge is 2.17. The Hall–Kier alpha value is -1.20. The lowest BCUT2D eigenvalue weighted by Gasteiger charge is -2.09. The third-order valence-electron chi connectivity index (χ3n) is 2.19. The molecule has 0 amide bonds. The molecule has 0 saturated carbocycles. The third-order valence-corrected chi connectivity index (χ3v) is 3.17. The molecule has 0 aliphatic rings. The minimum Gasteiger partial charge on any atom is -0.321 e. The summed E-state index contributed by atoms with van der Waals surface area (Å²) < 4.78 is 21.9. The Balaban J connectivity index is 2.62. The Morgan fingerprint density at radius 3 is 2.38 bits per heavy atom. The summed E-state index contributed by atoms with van der Waals surface area (Å²) >= 11 is 0. The van der Waals surface area contributed by atoms with Crippen molar-refractivity contribution >= 4 is 15.6 Å². The zero-order chi connectivity index (χ0) is 12.2. The maximum absolute atomic E-state index is 11.7. The summed E-state index contributed by atoms with van der Waals surface area (Å²) in [4.78, 5) is 11.7. The molecule has 0 aliphatic carbocycles. The van der Waals surface area contributed by atoms with Crippen molar-refractivity contribution in [3.05, 3.63) is 35.9 Å². The maximum atomic E-state index is 11.7. The summed E-state index contributed by atoms with van der Waals surface area (Å²) in [6.07, 6.45) is 1.29. The number of ketones is 1. The third kappa shape index (κ3) is 4.12. The molecule has 0 radical (unpaired) electrons. The molecule has 1 atom stereocenters. The molecular formula is C11H15NO3S. The maximum Gasteiger partial charge on any atom is 0.179 e. The first-order chi connectivity index (χ1) is 7.40. The summed E-state index contributed by atoms with van der Waals surface area (Å²) in [6.45, 7) is 0. The SMILES string of the molecule is CS(=O)(=O)CCC(N)C(=O)c1ccccc1. The number of rotatable bonds is 5. The summed E-state index contributed by atoms with van der Waals surface area (Å²) in [7, 11) is -3.07. The van der Waals surface area contributed by atoms with Gasteiger partial charge in [-0.3, -0.25) is 4.79 Å². The Labute approximate surface area is 95.4 Å². The van der Waals surface area contributed by atoms with Crippen LogP contribution in [-0.4, -0.2) is 32.3 Å². The van der Waals surface area contributed by atoms with E-state index in [9.17, 15) is 13.2 Å². The van der Waals surface area contributed by atoms with Gasteiger partial charge in [0.05, 0.1) is 11.8 Å². The van der Waals surface area contributed by atoms with E-state index in [-0.39, 0.29) is 18.0 Å². The lowest BCUT2D eigenvalue weighted by Crippen LogP contribution is -2.32. The van der Waals surface area contributed by atoms with Gasteiger partial charge in [-0.15, -0.1) is 0 Å². The molecular weight excluding hydrogens is 226 g/mol. The van der Waals surface area contributed by atoms with E-state index in [1.165, 1.54) is 0 Å². The molecule has 0 heterocycles. The lowest BCUT2D eigenvalue weighted by atomic mass is 10.0. The van der Waals surface area contributed by atoms with Crippen LogP contribution in [0.2, 0.25) is 0 Å². The van der Waals surface area contributed by atoms with E-state index >= 15 is 0 Å². The van der Waals surface area contributed by atoms with Crippen molar-refractivity contribution in [2.75, 3.05) is 12.0 Å². The number of carbonyl (C=O) groups is 1. The van der Waals surface area contributed by atoms with Gasteiger partial charge in [0.25, 0.3) is 0 Å². The molecule has 88 valence electrons. The van der Waals surface area contributed by atoms with Gasteiger partial charge in [-0.1, -0.05) is 30.3 Å². The van der Waals surface area contributed by atoms with Crippen molar-refractivity contribution in [3.8, 4) is 0 Å². The van der Waals surface area contributed by atoms with E-state index in [0.717, 1.165) is 6.26 Å². The van der Waals surface area contributed by atoms with Crippen molar-refractivity contribution < 1.29 is 13.2 Å². The summed E-state index contributed by atoms with van der Waals surface area (Å²) in [5.41, 5.74) is 6.16. The average Bonchev–Trinajstić information content (AvgIpc) is 2.25. The molecule has 0 saturated heterocycles. The van der Waals surface area contributed by atoms with Crippen LogP contribution in [0, 0.1) is 0 Å². The van der Waals surface area contributed by atoms with Crippen LogP contribution in [0.5, 0.6) is 0 Å². The van der Waals surface area contributed by atoms with Crippen LogP contribution in [0.15, 0.2) is 30.3 Å². The minimum atomic E-state index is -3.07. The smallest absolute Gasteiger partial charge is 0.179 e. The van der Waals surface area contributed by atoms with Crippen LogP contribution in [0.4, 0.5) is 0 Å². The zero-order valence-corrected chi connectivity index (χ0v) is 9.91. The second-order valence-corrected chi connectivity index (χ2v) is 6.02. The van der Waals surface area contributed by atoms with E-state index in [2.05, 4.69) is 0 Å². The van der Waals surface area contributed by atoms with E-state index in [0.29, 0.717) is 5.56 Å².